The van der Waals surface area contributed by atoms with Gasteiger partial charge in [0.05, 0.1) is 15.4 Å². The molecule has 2 rings (SSSR count). The van der Waals surface area contributed by atoms with Gasteiger partial charge >= 0.3 is 6.18 Å². The van der Waals surface area contributed by atoms with Crippen LogP contribution in [0.15, 0.2) is 21.0 Å². The van der Waals surface area contributed by atoms with E-state index >= 15 is 0 Å². The Kier molecular flexibility index (Phi) is 3.14. The summed E-state index contributed by atoms with van der Waals surface area (Å²) in [5.41, 5.74) is -0.538. The molecule has 0 aliphatic carbocycles. The molecule has 0 amide bonds. The van der Waals surface area contributed by atoms with E-state index in [2.05, 4.69) is 15.9 Å². The minimum atomic E-state index is -4.50. The molecular formula is C11H6BrF3O2S. The third-order valence-electron chi connectivity index (χ3n) is 2.48. The molecule has 0 fully saturated rings. The van der Waals surface area contributed by atoms with E-state index in [9.17, 15) is 18.3 Å². The van der Waals surface area contributed by atoms with E-state index in [1.807, 2.05) is 0 Å². The zero-order valence-corrected chi connectivity index (χ0v) is 11.3. The van der Waals surface area contributed by atoms with Gasteiger partial charge in [-0.3, -0.25) is 0 Å². The summed E-state index contributed by atoms with van der Waals surface area (Å²) in [6, 6.07) is 1.72. The average molecular weight is 339 g/mol. The fourth-order valence-corrected chi connectivity index (χ4v) is 2.23. The summed E-state index contributed by atoms with van der Waals surface area (Å²) in [5, 5.41) is 9.81. The van der Waals surface area contributed by atoms with E-state index in [1.165, 1.54) is 6.92 Å². The van der Waals surface area contributed by atoms with Crippen molar-refractivity contribution in [3.05, 3.63) is 32.4 Å². The van der Waals surface area contributed by atoms with E-state index in [0.29, 0.717) is 0 Å². The summed E-state index contributed by atoms with van der Waals surface area (Å²) >= 11 is 7.85. The standard InChI is InChI=1S/C11H6BrF3O2S/c1-4-8(16)6-2-5(11(13,14)15)3-7(12)9(6)17-10(4)18/h2-3,16H,1H3. The van der Waals surface area contributed by atoms with Crippen LogP contribution in [0.5, 0.6) is 5.75 Å². The molecule has 0 atom stereocenters. The van der Waals surface area contributed by atoms with E-state index in [1.54, 1.807) is 0 Å². The second-order valence-corrected chi connectivity index (χ2v) is 4.92. The molecule has 0 saturated carbocycles. The van der Waals surface area contributed by atoms with Gasteiger partial charge in [-0.2, -0.15) is 13.2 Å². The van der Waals surface area contributed by atoms with Gasteiger partial charge in [-0.05, 0) is 47.2 Å². The van der Waals surface area contributed by atoms with Crippen molar-refractivity contribution in [3.63, 3.8) is 0 Å². The summed E-state index contributed by atoms with van der Waals surface area (Å²) in [4.78, 5) is 0. The first-order chi connectivity index (χ1) is 8.21. The van der Waals surface area contributed by atoms with Crippen LogP contribution in [0.4, 0.5) is 13.2 Å². The maximum absolute atomic E-state index is 12.7. The van der Waals surface area contributed by atoms with Crippen molar-refractivity contribution < 1.29 is 22.7 Å². The molecule has 0 bridgehead atoms. The van der Waals surface area contributed by atoms with Gasteiger partial charge in [0.25, 0.3) is 0 Å². The highest BCUT2D eigenvalue weighted by Gasteiger charge is 2.32. The predicted molar refractivity (Wildman–Crippen MR) is 66.2 cm³/mol. The van der Waals surface area contributed by atoms with Crippen molar-refractivity contribution in [3.8, 4) is 5.75 Å². The predicted octanol–water partition coefficient (Wildman–Crippen LogP) is 4.96. The normalized spacial score (nSPS) is 12.1. The molecular weight excluding hydrogens is 333 g/mol. The van der Waals surface area contributed by atoms with E-state index in [-0.39, 0.29) is 31.5 Å². The van der Waals surface area contributed by atoms with Crippen LogP contribution >= 0.6 is 28.1 Å². The molecule has 1 aromatic carbocycles. The molecule has 1 N–H and O–H groups in total. The number of halogens is 4. The Bertz CT molecular complexity index is 691. The lowest BCUT2D eigenvalue weighted by Gasteiger charge is -2.10. The lowest BCUT2D eigenvalue weighted by atomic mass is 10.1. The van der Waals surface area contributed by atoms with Crippen LogP contribution in [0.1, 0.15) is 11.1 Å². The maximum Gasteiger partial charge on any atom is 0.416 e. The first-order valence-electron chi connectivity index (χ1n) is 4.75. The minimum absolute atomic E-state index is 0.0252. The fraction of sp³-hybridized carbons (Fsp3) is 0.182. The Labute approximate surface area is 113 Å². The van der Waals surface area contributed by atoms with Gasteiger partial charge in [-0.15, -0.1) is 0 Å². The monoisotopic (exact) mass is 338 g/mol. The summed E-state index contributed by atoms with van der Waals surface area (Å²) in [6.45, 7) is 1.48. The number of hydrogen-bond donors (Lipinski definition) is 1. The lowest BCUT2D eigenvalue weighted by Crippen LogP contribution is -2.04. The summed E-state index contributed by atoms with van der Waals surface area (Å²) in [7, 11) is 0. The number of benzene rings is 1. The highest BCUT2D eigenvalue weighted by molar-refractivity contribution is 9.10. The SMILES string of the molecule is Cc1c(O)c2cc(C(F)(F)F)cc(Br)c2oc1=S. The van der Waals surface area contributed by atoms with Gasteiger partial charge in [-0.1, -0.05) is 0 Å². The number of aromatic hydroxyl groups is 1. The molecule has 0 radical (unpaired) electrons. The van der Waals surface area contributed by atoms with Gasteiger partial charge in [-0.25, -0.2) is 0 Å². The van der Waals surface area contributed by atoms with Crippen LogP contribution < -0.4 is 0 Å². The zero-order chi connectivity index (χ0) is 13.7. The van der Waals surface area contributed by atoms with Crippen molar-refractivity contribution in [1.82, 2.24) is 0 Å². The Hall–Kier alpha value is -1.08. The molecule has 0 aliphatic heterocycles. The number of alkyl halides is 3. The Balaban J connectivity index is 2.93. The van der Waals surface area contributed by atoms with E-state index in [4.69, 9.17) is 16.6 Å². The quantitative estimate of drug-likeness (QED) is 0.689. The average Bonchev–Trinajstić information content (AvgIpc) is 2.26. The molecule has 18 heavy (non-hydrogen) atoms. The van der Waals surface area contributed by atoms with Crippen molar-refractivity contribution in [2.45, 2.75) is 13.1 Å². The molecule has 0 aliphatic rings. The van der Waals surface area contributed by atoms with Crippen molar-refractivity contribution in [1.29, 1.82) is 0 Å². The molecule has 1 heterocycles. The topological polar surface area (TPSA) is 33.4 Å². The van der Waals surface area contributed by atoms with Crippen molar-refractivity contribution in [2.24, 2.45) is 0 Å². The zero-order valence-electron chi connectivity index (χ0n) is 8.93. The highest BCUT2D eigenvalue weighted by Crippen LogP contribution is 2.39. The van der Waals surface area contributed by atoms with Crippen LogP contribution in [0, 0.1) is 11.6 Å². The van der Waals surface area contributed by atoms with Gasteiger partial charge < -0.3 is 9.52 Å². The first-order valence-corrected chi connectivity index (χ1v) is 5.95. The van der Waals surface area contributed by atoms with Crippen LogP contribution in [-0.2, 0) is 6.18 Å². The number of fused-ring (bicyclic) bond motifs is 1. The molecule has 0 spiro atoms. The van der Waals surface area contributed by atoms with E-state index in [0.717, 1.165) is 12.1 Å². The first kappa shape index (κ1) is 13.4. The molecule has 0 saturated heterocycles. The molecule has 0 unspecified atom stereocenters. The minimum Gasteiger partial charge on any atom is -0.507 e. The summed E-state index contributed by atoms with van der Waals surface area (Å²) in [5.74, 6) is -0.298. The van der Waals surface area contributed by atoms with Crippen LogP contribution in [-0.4, -0.2) is 5.11 Å². The molecule has 1 aromatic heterocycles. The molecule has 2 nitrogen and oxygen atoms in total. The van der Waals surface area contributed by atoms with Crippen molar-refractivity contribution in [2.75, 3.05) is 0 Å². The highest BCUT2D eigenvalue weighted by atomic mass is 79.9. The van der Waals surface area contributed by atoms with Crippen LogP contribution in [0.3, 0.4) is 0 Å². The second kappa shape index (κ2) is 4.24. The van der Waals surface area contributed by atoms with Crippen molar-refractivity contribution >= 4 is 39.1 Å². The number of rotatable bonds is 0. The smallest absolute Gasteiger partial charge is 0.416 e. The third kappa shape index (κ3) is 2.12. The van der Waals surface area contributed by atoms with E-state index < -0.39 is 11.7 Å². The molecule has 2 aromatic rings. The van der Waals surface area contributed by atoms with Gasteiger partial charge in [0.1, 0.15) is 5.75 Å². The second-order valence-electron chi connectivity index (χ2n) is 3.70. The fourth-order valence-electron chi connectivity index (χ4n) is 1.50. The van der Waals surface area contributed by atoms with Gasteiger partial charge in [0.2, 0.25) is 0 Å². The number of hydrogen-bond acceptors (Lipinski definition) is 3. The third-order valence-corrected chi connectivity index (χ3v) is 3.46. The van der Waals surface area contributed by atoms with Gasteiger partial charge in [0.15, 0.2) is 10.3 Å². The Morgan fingerprint density at radius 3 is 2.50 bits per heavy atom. The van der Waals surface area contributed by atoms with Crippen LogP contribution in [0.25, 0.3) is 11.0 Å². The summed E-state index contributed by atoms with van der Waals surface area (Å²) < 4.78 is 43.3. The van der Waals surface area contributed by atoms with Gasteiger partial charge in [0, 0.05) is 5.56 Å². The Morgan fingerprint density at radius 1 is 1.33 bits per heavy atom. The molecule has 96 valence electrons. The maximum atomic E-state index is 12.7. The summed E-state index contributed by atoms with van der Waals surface area (Å²) in [6.07, 6.45) is -4.50. The lowest BCUT2D eigenvalue weighted by molar-refractivity contribution is -0.137. The molecule has 7 heteroatoms. The largest absolute Gasteiger partial charge is 0.507 e. The van der Waals surface area contributed by atoms with Crippen LogP contribution in [0.2, 0.25) is 0 Å². The Morgan fingerprint density at radius 2 is 1.94 bits per heavy atom.